The molecule has 2 amide bonds. The molecule has 1 aromatic heterocycles. The van der Waals surface area contributed by atoms with E-state index in [0.29, 0.717) is 25.1 Å². The average Bonchev–Trinajstić information content (AvgIpc) is 3.49. The Morgan fingerprint density at radius 1 is 1.00 bits per heavy atom. The molecule has 1 aliphatic carbocycles. The van der Waals surface area contributed by atoms with Crippen LogP contribution >= 0.6 is 15.9 Å². The fourth-order valence-corrected chi connectivity index (χ4v) is 5.96. The Morgan fingerprint density at radius 2 is 1.67 bits per heavy atom. The van der Waals surface area contributed by atoms with E-state index in [0.717, 1.165) is 51.5 Å². The highest BCUT2D eigenvalue weighted by Crippen LogP contribution is 2.52. The fourth-order valence-electron chi connectivity index (χ4n) is 5.60. The average molecular weight is 594 g/mol. The van der Waals surface area contributed by atoms with Crippen molar-refractivity contribution < 1.29 is 19.1 Å². The van der Waals surface area contributed by atoms with Gasteiger partial charge in [-0.25, -0.2) is 0 Å². The summed E-state index contributed by atoms with van der Waals surface area (Å²) < 4.78 is 8.52. The summed E-state index contributed by atoms with van der Waals surface area (Å²) in [7, 11) is 0. The summed E-state index contributed by atoms with van der Waals surface area (Å²) in [5.74, 6) is -0.547. The van der Waals surface area contributed by atoms with Gasteiger partial charge in [-0.3, -0.25) is 19.3 Å². The highest BCUT2D eigenvalue weighted by Gasteiger charge is 2.45. The van der Waals surface area contributed by atoms with Gasteiger partial charge >= 0.3 is 5.97 Å². The lowest BCUT2D eigenvalue weighted by atomic mass is 9.92. The molecule has 5 rings (SSSR count). The highest BCUT2D eigenvalue weighted by molar-refractivity contribution is 9.10. The first-order valence-corrected chi connectivity index (χ1v) is 14.5. The van der Waals surface area contributed by atoms with Crippen molar-refractivity contribution >= 4 is 44.6 Å². The molecule has 2 aliphatic rings. The second-order valence-electron chi connectivity index (χ2n) is 13.2. The SMILES string of the molecule is CC(C)(C)OC(=O)CC1(Cc2ccc(-n3c4c(c5cc(Br)ccc53)CCN(C(=O)C(C)(C)C)C4=O)cc2)CC1. The number of carbonyl (C=O) groups is 3. The summed E-state index contributed by atoms with van der Waals surface area (Å²) in [6.45, 7) is 11.6. The number of esters is 1. The van der Waals surface area contributed by atoms with Crippen molar-refractivity contribution in [2.75, 3.05) is 6.54 Å². The molecule has 6 nitrogen and oxygen atoms in total. The summed E-state index contributed by atoms with van der Waals surface area (Å²) in [5.41, 5.74) is 3.36. The minimum atomic E-state index is -0.646. The van der Waals surface area contributed by atoms with E-state index < -0.39 is 11.0 Å². The number of amides is 2. The number of ether oxygens (including phenoxy) is 1. The van der Waals surface area contributed by atoms with Gasteiger partial charge in [0.25, 0.3) is 5.91 Å². The van der Waals surface area contributed by atoms with Gasteiger partial charge in [-0.05, 0) is 93.3 Å². The van der Waals surface area contributed by atoms with Gasteiger partial charge in [0.2, 0.25) is 5.91 Å². The summed E-state index contributed by atoms with van der Waals surface area (Å²) in [5, 5.41) is 1.02. The molecule has 7 heteroatoms. The molecule has 0 N–H and O–H groups in total. The monoisotopic (exact) mass is 592 g/mol. The number of aromatic nitrogens is 1. The van der Waals surface area contributed by atoms with Crippen LogP contribution in [0.5, 0.6) is 0 Å². The second-order valence-corrected chi connectivity index (χ2v) is 14.1. The Hall–Kier alpha value is -2.93. The predicted molar refractivity (Wildman–Crippen MR) is 156 cm³/mol. The third-order valence-corrected chi connectivity index (χ3v) is 8.12. The van der Waals surface area contributed by atoms with Crippen molar-refractivity contribution in [2.45, 2.75) is 79.2 Å². The predicted octanol–water partition coefficient (Wildman–Crippen LogP) is 7.02. The first-order valence-electron chi connectivity index (χ1n) is 13.7. The molecule has 1 fully saturated rings. The number of imide groups is 1. The topological polar surface area (TPSA) is 68.6 Å². The van der Waals surface area contributed by atoms with Crippen LogP contribution in [0.4, 0.5) is 0 Å². The number of halogens is 1. The molecular weight excluding hydrogens is 556 g/mol. The fraction of sp³-hybridized carbons (Fsp3) is 0.469. The number of hydrogen-bond acceptors (Lipinski definition) is 4. The van der Waals surface area contributed by atoms with E-state index in [1.165, 1.54) is 4.90 Å². The standard InChI is InChI=1S/C32H37BrN2O4/c1-30(2,3)29(38)34-16-13-23-24-17-21(33)9-12-25(24)35(27(23)28(34)37)22-10-7-20(8-11-22)18-32(14-15-32)19-26(36)39-31(4,5)6/h7-12,17H,13-16,18-19H2,1-6H3. The van der Waals surface area contributed by atoms with E-state index in [9.17, 15) is 14.4 Å². The molecule has 2 aromatic carbocycles. The van der Waals surface area contributed by atoms with Crippen LogP contribution < -0.4 is 0 Å². The number of benzene rings is 2. The van der Waals surface area contributed by atoms with Gasteiger partial charge in [0.15, 0.2) is 0 Å². The molecule has 2 heterocycles. The lowest BCUT2D eigenvalue weighted by Crippen LogP contribution is -2.47. The highest BCUT2D eigenvalue weighted by atomic mass is 79.9. The maximum absolute atomic E-state index is 13.8. The maximum atomic E-state index is 13.8. The van der Waals surface area contributed by atoms with Gasteiger partial charge in [0.05, 0.1) is 11.9 Å². The normalized spacial score (nSPS) is 16.8. The zero-order chi connectivity index (χ0) is 28.3. The maximum Gasteiger partial charge on any atom is 0.306 e. The lowest BCUT2D eigenvalue weighted by Gasteiger charge is -2.31. The van der Waals surface area contributed by atoms with E-state index in [4.69, 9.17) is 4.74 Å². The molecule has 1 aliphatic heterocycles. The minimum absolute atomic E-state index is 0.0285. The Morgan fingerprint density at radius 3 is 2.26 bits per heavy atom. The third kappa shape index (κ3) is 5.56. The van der Waals surface area contributed by atoms with Crippen molar-refractivity contribution in [3.8, 4) is 5.69 Å². The minimum Gasteiger partial charge on any atom is -0.460 e. The van der Waals surface area contributed by atoms with E-state index in [-0.39, 0.29) is 23.2 Å². The van der Waals surface area contributed by atoms with Crippen LogP contribution in [0.2, 0.25) is 0 Å². The molecule has 0 spiro atoms. The molecule has 39 heavy (non-hydrogen) atoms. The van der Waals surface area contributed by atoms with Gasteiger partial charge < -0.3 is 9.30 Å². The summed E-state index contributed by atoms with van der Waals surface area (Å²) in [4.78, 5) is 40.9. The van der Waals surface area contributed by atoms with Crippen LogP contribution in [0.3, 0.4) is 0 Å². The molecule has 0 bridgehead atoms. The Balaban J connectivity index is 1.47. The number of fused-ring (bicyclic) bond motifs is 3. The van der Waals surface area contributed by atoms with E-state index in [1.807, 2.05) is 70.4 Å². The van der Waals surface area contributed by atoms with Crippen LogP contribution in [0.25, 0.3) is 16.6 Å². The van der Waals surface area contributed by atoms with Crippen LogP contribution in [0.1, 0.15) is 82.4 Å². The Labute approximate surface area is 238 Å². The Kier molecular flexibility index (Phi) is 6.81. The Bertz CT molecular complexity index is 1470. The van der Waals surface area contributed by atoms with Crippen molar-refractivity contribution in [1.82, 2.24) is 9.47 Å². The van der Waals surface area contributed by atoms with Crippen LogP contribution in [0, 0.1) is 10.8 Å². The largest absolute Gasteiger partial charge is 0.460 e. The van der Waals surface area contributed by atoms with Crippen molar-refractivity contribution in [3.05, 3.63) is 63.8 Å². The smallest absolute Gasteiger partial charge is 0.306 e. The molecule has 0 radical (unpaired) electrons. The van der Waals surface area contributed by atoms with Crippen molar-refractivity contribution in [2.24, 2.45) is 10.8 Å². The van der Waals surface area contributed by atoms with Gasteiger partial charge in [-0.15, -0.1) is 0 Å². The lowest BCUT2D eigenvalue weighted by molar-refractivity contribution is -0.156. The second kappa shape index (κ2) is 9.61. The van der Waals surface area contributed by atoms with Crippen LogP contribution in [0.15, 0.2) is 46.9 Å². The van der Waals surface area contributed by atoms with E-state index >= 15 is 0 Å². The zero-order valence-electron chi connectivity index (χ0n) is 23.7. The molecular formula is C32H37BrN2O4. The summed E-state index contributed by atoms with van der Waals surface area (Å²) >= 11 is 3.59. The molecule has 1 saturated carbocycles. The molecule has 206 valence electrons. The van der Waals surface area contributed by atoms with Gasteiger partial charge in [-0.1, -0.05) is 48.8 Å². The van der Waals surface area contributed by atoms with Crippen LogP contribution in [-0.4, -0.2) is 39.4 Å². The zero-order valence-corrected chi connectivity index (χ0v) is 25.3. The molecule has 3 aromatic rings. The van der Waals surface area contributed by atoms with Gasteiger partial charge in [0.1, 0.15) is 11.3 Å². The van der Waals surface area contributed by atoms with Crippen LogP contribution in [-0.2, 0) is 27.2 Å². The number of nitrogens with zero attached hydrogens (tertiary/aromatic N) is 2. The summed E-state index contributed by atoms with van der Waals surface area (Å²) in [6.07, 6.45) is 3.91. The number of carbonyl (C=O) groups excluding carboxylic acids is 3. The van der Waals surface area contributed by atoms with Crippen molar-refractivity contribution in [1.29, 1.82) is 0 Å². The summed E-state index contributed by atoms with van der Waals surface area (Å²) in [6, 6.07) is 14.3. The quantitative estimate of drug-likeness (QED) is 0.298. The third-order valence-electron chi connectivity index (χ3n) is 7.62. The first-order chi connectivity index (χ1) is 18.2. The number of rotatable bonds is 5. The van der Waals surface area contributed by atoms with Gasteiger partial charge in [0, 0.05) is 27.5 Å². The molecule has 0 atom stereocenters. The first kappa shape index (κ1) is 27.6. The molecule has 0 unspecified atom stereocenters. The van der Waals surface area contributed by atoms with Gasteiger partial charge in [-0.2, -0.15) is 0 Å². The van der Waals surface area contributed by atoms with Crippen molar-refractivity contribution in [3.63, 3.8) is 0 Å². The molecule has 0 saturated heterocycles. The van der Waals surface area contributed by atoms with E-state index in [2.05, 4.69) is 34.1 Å². The van der Waals surface area contributed by atoms with E-state index in [1.54, 1.807) is 0 Å². The number of hydrogen-bond donors (Lipinski definition) is 0.